The average Bonchev–Trinajstić information content (AvgIpc) is 2.61. The molecule has 1 heterocycles. The summed E-state index contributed by atoms with van der Waals surface area (Å²) >= 11 is 5.61. The maximum Gasteiger partial charge on any atom is 0.417 e. The summed E-state index contributed by atoms with van der Waals surface area (Å²) in [5.74, 6) is -0.371. The maximum atomic E-state index is 13.1. The van der Waals surface area contributed by atoms with Gasteiger partial charge in [0.15, 0.2) is 0 Å². The normalized spacial score (nSPS) is 11.3. The highest BCUT2D eigenvalue weighted by atomic mass is 35.5. The van der Waals surface area contributed by atoms with Crippen LogP contribution in [0.4, 0.5) is 41.9 Å². The van der Waals surface area contributed by atoms with Gasteiger partial charge in [0.2, 0.25) is 11.6 Å². The van der Waals surface area contributed by atoms with Crippen molar-refractivity contribution < 1.29 is 18.1 Å². The third-order valence-electron chi connectivity index (χ3n) is 4.02. The minimum atomic E-state index is -4.68. The Morgan fingerprint density at radius 1 is 0.967 bits per heavy atom. The van der Waals surface area contributed by atoms with Gasteiger partial charge in [0.1, 0.15) is 6.33 Å². The molecule has 0 saturated carbocycles. The fourth-order valence-electron chi connectivity index (χ4n) is 2.88. The number of hydrogen-bond acceptors (Lipinski definition) is 6. The molecule has 0 fully saturated rings. The van der Waals surface area contributed by atoms with Crippen LogP contribution in [0.5, 0.6) is 0 Å². The summed E-state index contributed by atoms with van der Waals surface area (Å²) in [6.07, 6.45) is -3.61. The number of alkyl halides is 3. The molecule has 0 unspecified atom stereocenters. The summed E-state index contributed by atoms with van der Waals surface area (Å²) in [5, 5.41) is 16.6. The van der Waals surface area contributed by atoms with Crippen LogP contribution in [0.1, 0.15) is 16.7 Å². The van der Waals surface area contributed by atoms with Crippen molar-refractivity contribution in [2.24, 2.45) is 0 Å². The van der Waals surface area contributed by atoms with Crippen molar-refractivity contribution in [2.45, 2.75) is 20.0 Å². The van der Waals surface area contributed by atoms with Gasteiger partial charge in [0.25, 0.3) is 0 Å². The van der Waals surface area contributed by atoms with Gasteiger partial charge in [-0.1, -0.05) is 17.7 Å². The van der Waals surface area contributed by atoms with Crippen LogP contribution in [0.15, 0.2) is 42.7 Å². The average molecular weight is 438 g/mol. The van der Waals surface area contributed by atoms with Crippen molar-refractivity contribution in [3.63, 3.8) is 0 Å². The van der Waals surface area contributed by atoms with Crippen LogP contribution < -0.4 is 10.6 Å². The van der Waals surface area contributed by atoms with Crippen molar-refractivity contribution >= 4 is 40.3 Å². The smallest absolute Gasteiger partial charge is 0.334 e. The molecule has 0 atom stereocenters. The lowest BCUT2D eigenvalue weighted by Gasteiger charge is -2.13. The number of nitro groups is 1. The predicted octanol–water partition coefficient (Wildman–Crippen LogP) is 6.16. The van der Waals surface area contributed by atoms with E-state index in [1.165, 1.54) is 6.07 Å². The highest BCUT2D eigenvalue weighted by Gasteiger charge is 2.33. The summed E-state index contributed by atoms with van der Waals surface area (Å²) in [6.45, 7) is 3.75. The molecule has 0 radical (unpaired) electrons. The number of rotatable bonds is 5. The van der Waals surface area contributed by atoms with E-state index in [1.807, 2.05) is 19.9 Å². The first-order chi connectivity index (χ1) is 14.0. The second kappa shape index (κ2) is 8.15. The minimum absolute atomic E-state index is 0.0640. The molecule has 0 aliphatic carbocycles. The Balaban J connectivity index is 2.00. The Morgan fingerprint density at radius 3 is 2.07 bits per heavy atom. The topological polar surface area (TPSA) is 93.0 Å². The first kappa shape index (κ1) is 21.3. The molecular formula is C19H15ClF3N5O2. The standard InChI is InChI=1S/C19H15ClF3N5O2/c1-10-5-11(2)7-13(6-10)27-18-16(28(29)30)17(24-9-25-18)26-12-3-4-15(20)14(8-12)19(21,22)23/h3-9H,1-2H3,(H2,24,25,26,27). The Hall–Kier alpha value is -3.40. The summed E-state index contributed by atoms with van der Waals surface area (Å²) in [5.41, 5.74) is 0.804. The van der Waals surface area contributed by atoms with Crippen molar-refractivity contribution in [2.75, 3.05) is 10.6 Å². The fraction of sp³-hybridized carbons (Fsp3) is 0.158. The van der Waals surface area contributed by atoms with E-state index in [-0.39, 0.29) is 17.3 Å². The van der Waals surface area contributed by atoms with Gasteiger partial charge in [0.05, 0.1) is 15.5 Å². The lowest BCUT2D eigenvalue weighted by molar-refractivity contribution is -0.383. The van der Waals surface area contributed by atoms with E-state index < -0.39 is 27.4 Å². The van der Waals surface area contributed by atoms with Crippen molar-refractivity contribution in [3.05, 3.63) is 74.6 Å². The van der Waals surface area contributed by atoms with Crippen LogP contribution >= 0.6 is 11.6 Å². The fourth-order valence-corrected chi connectivity index (χ4v) is 3.10. The highest BCUT2D eigenvalue weighted by Crippen LogP contribution is 2.38. The summed E-state index contributed by atoms with van der Waals surface area (Å²) in [6, 6.07) is 8.56. The number of hydrogen-bond donors (Lipinski definition) is 2. The Morgan fingerprint density at radius 2 is 1.53 bits per heavy atom. The van der Waals surface area contributed by atoms with Crippen LogP contribution in [0.2, 0.25) is 5.02 Å². The lowest BCUT2D eigenvalue weighted by Crippen LogP contribution is -2.08. The van der Waals surface area contributed by atoms with Crippen LogP contribution in [0.3, 0.4) is 0 Å². The predicted molar refractivity (Wildman–Crippen MR) is 108 cm³/mol. The van der Waals surface area contributed by atoms with Gasteiger partial charge in [-0.25, -0.2) is 9.97 Å². The third kappa shape index (κ3) is 4.77. The second-order valence-corrected chi connectivity index (χ2v) is 6.90. The largest absolute Gasteiger partial charge is 0.417 e. The van der Waals surface area contributed by atoms with Gasteiger partial charge in [-0.2, -0.15) is 13.2 Å². The quantitative estimate of drug-likeness (QED) is 0.366. The second-order valence-electron chi connectivity index (χ2n) is 6.50. The molecule has 0 aliphatic heterocycles. The molecule has 0 bridgehead atoms. The maximum absolute atomic E-state index is 13.1. The van der Waals surface area contributed by atoms with E-state index in [4.69, 9.17) is 11.6 Å². The molecule has 11 heteroatoms. The SMILES string of the molecule is Cc1cc(C)cc(Nc2ncnc(Nc3ccc(Cl)c(C(F)(F)F)c3)c2[N+](=O)[O-])c1. The molecule has 2 N–H and O–H groups in total. The van der Waals surface area contributed by atoms with E-state index in [2.05, 4.69) is 20.6 Å². The summed E-state index contributed by atoms with van der Waals surface area (Å²) in [4.78, 5) is 18.7. The number of aromatic nitrogens is 2. The van der Waals surface area contributed by atoms with Crippen molar-refractivity contribution in [1.82, 2.24) is 9.97 Å². The van der Waals surface area contributed by atoms with Crippen LogP contribution in [0.25, 0.3) is 0 Å². The Bertz CT molecular complexity index is 1100. The van der Waals surface area contributed by atoms with Gasteiger partial charge in [-0.15, -0.1) is 0 Å². The van der Waals surface area contributed by atoms with Crippen molar-refractivity contribution in [1.29, 1.82) is 0 Å². The number of halogens is 4. The zero-order valence-corrected chi connectivity index (χ0v) is 16.5. The van der Waals surface area contributed by atoms with Crippen molar-refractivity contribution in [3.8, 4) is 0 Å². The zero-order chi connectivity index (χ0) is 22.1. The molecule has 0 saturated heterocycles. The first-order valence-electron chi connectivity index (χ1n) is 8.53. The first-order valence-corrected chi connectivity index (χ1v) is 8.91. The van der Waals surface area contributed by atoms with Crippen LogP contribution in [-0.2, 0) is 6.18 Å². The molecule has 0 amide bonds. The van der Waals surface area contributed by atoms with E-state index in [0.29, 0.717) is 5.69 Å². The van der Waals surface area contributed by atoms with Gasteiger partial charge in [-0.3, -0.25) is 10.1 Å². The molecular weight excluding hydrogens is 423 g/mol. The lowest BCUT2D eigenvalue weighted by atomic mass is 10.1. The van der Waals surface area contributed by atoms with E-state index in [0.717, 1.165) is 29.6 Å². The summed E-state index contributed by atoms with van der Waals surface area (Å²) in [7, 11) is 0. The third-order valence-corrected chi connectivity index (χ3v) is 4.35. The molecule has 30 heavy (non-hydrogen) atoms. The molecule has 3 rings (SSSR count). The molecule has 3 aromatic rings. The number of aryl methyl sites for hydroxylation is 2. The van der Waals surface area contributed by atoms with E-state index in [1.54, 1.807) is 12.1 Å². The monoisotopic (exact) mass is 437 g/mol. The Labute approximate surface area is 174 Å². The van der Waals surface area contributed by atoms with Gasteiger partial charge in [0, 0.05) is 11.4 Å². The van der Waals surface area contributed by atoms with Crippen LogP contribution in [0, 0.1) is 24.0 Å². The van der Waals surface area contributed by atoms with Crippen LogP contribution in [-0.4, -0.2) is 14.9 Å². The molecule has 7 nitrogen and oxygen atoms in total. The molecule has 2 aromatic carbocycles. The molecule has 1 aromatic heterocycles. The Kier molecular flexibility index (Phi) is 5.79. The van der Waals surface area contributed by atoms with E-state index in [9.17, 15) is 23.3 Å². The number of nitrogens with zero attached hydrogens (tertiary/aromatic N) is 3. The number of anilines is 4. The van der Waals surface area contributed by atoms with Gasteiger partial charge < -0.3 is 10.6 Å². The molecule has 0 aliphatic rings. The zero-order valence-electron chi connectivity index (χ0n) is 15.7. The molecule has 0 spiro atoms. The number of nitrogens with one attached hydrogen (secondary N) is 2. The highest BCUT2D eigenvalue weighted by molar-refractivity contribution is 6.31. The van der Waals surface area contributed by atoms with Gasteiger partial charge in [-0.05, 0) is 55.3 Å². The van der Waals surface area contributed by atoms with Gasteiger partial charge >= 0.3 is 11.9 Å². The van der Waals surface area contributed by atoms with E-state index >= 15 is 0 Å². The minimum Gasteiger partial charge on any atom is -0.334 e. The summed E-state index contributed by atoms with van der Waals surface area (Å²) < 4.78 is 39.3. The number of benzene rings is 2. The molecule has 156 valence electrons.